The van der Waals surface area contributed by atoms with Crippen LogP contribution in [0.1, 0.15) is 45.1 Å². The van der Waals surface area contributed by atoms with Gasteiger partial charge in [0, 0.05) is 26.1 Å². The Morgan fingerprint density at radius 3 is 2.53 bits per heavy atom. The summed E-state index contributed by atoms with van der Waals surface area (Å²) in [6.07, 6.45) is 5.06. The standard InChI is InChI=1S/C23H27F2N7O2/c1-13(33)31-10-9-15(12-31)32-21-19(28-23(32)29-20-17(24)3-2-4-18(20)25)11-26-22(30-21)27-14-5-7-16(34)8-6-14/h2-4,11,14-16,34H,5-10,12H2,1H3,(H,28,29)(H,26,27,30)/t14-,15-,16-/m1/s1. The zero-order valence-corrected chi connectivity index (χ0v) is 18.8. The highest BCUT2D eigenvalue weighted by atomic mass is 19.1. The van der Waals surface area contributed by atoms with Gasteiger partial charge in [0.05, 0.1) is 18.3 Å². The van der Waals surface area contributed by atoms with Gasteiger partial charge in [-0.3, -0.25) is 9.36 Å². The SMILES string of the molecule is CC(=O)N1CC[C@@H](n2c(Nc3c(F)cccc3F)nc3cnc(N[C@H]4CC[C@H](O)CC4)nc32)C1. The summed E-state index contributed by atoms with van der Waals surface area (Å²) in [6, 6.07) is 3.64. The van der Waals surface area contributed by atoms with E-state index in [1.807, 2.05) is 4.57 Å². The first-order chi connectivity index (χ1) is 16.4. The molecule has 1 amide bonds. The molecule has 1 aromatic carbocycles. The Bertz CT molecular complexity index is 1190. The van der Waals surface area contributed by atoms with Crippen molar-refractivity contribution in [3.05, 3.63) is 36.0 Å². The molecule has 34 heavy (non-hydrogen) atoms. The average molecular weight is 472 g/mol. The minimum absolute atomic E-state index is 0.0296. The summed E-state index contributed by atoms with van der Waals surface area (Å²) >= 11 is 0. The van der Waals surface area contributed by atoms with E-state index in [1.54, 1.807) is 11.1 Å². The van der Waals surface area contributed by atoms with Gasteiger partial charge in [0.25, 0.3) is 0 Å². The van der Waals surface area contributed by atoms with Crippen LogP contribution in [-0.4, -0.2) is 60.7 Å². The van der Waals surface area contributed by atoms with Gasteiger partial charge < -0.3 is 20.6 Å². The highest BCUT2D eigenvalue weighted by Crippen LogP contribution is 2.33. The lowest BCUT2D eigenvalue weighted by Crippen LogP contribution is -2.29. The van der Waals surface area contributed by atoms with Crippen LogP contribution in [0, 0.1) is 11.6 Å². The number of benzene rings is 1. The molecular formula is C23H27F2N7O2. The minimum Gasteiger partial charge on any atom is -0.393 e. The summed E-state index contributed by atoms with van der Waals surface area (Å²) in [5, 5.41) is 15.9. The number of para-hydroxylation sites is 1. The molecule has 1 saturated heterocycles. The number of likely N-dealkylation sites (tertiary alicyclic amines) is 1. The van der Waals surface area contributed by atoms with E-state index in [0.29, 0.717) is 36.6 Å². The number of aliphatic hydroxyl groups is 1. The highest BCUT2D eigenvalue weighted by Gasteiger charge is 2.30. The van der Waals surface area contributed by atoms with Gasteiger partial charge in [0.15, 0.2) is 5.65 Å². The first-order valence-electron chi connectivity index (χ1n) is 11.5. The molecule has 2 aromatic heterocycles. The molecule has 0 spiro atoms. The van der Waals surface area contributed by atoms with E-state index in [1.165, 1.54) is 25.1 Å². The molecule has 2 fully saturated rings. The maximum atomic E-state index is 14.4. The van der Waals surface area contributed by atoms with Crippen LogP contribution in [0.4, 0.5) is 26.4 Å². The van der Waals surface area contributed by atoms with Crippen LogP contribution in [0.15, 0.2) is 24.4 Å². The van der Waals surface area contributed by atoms with Crippen LogP contribution in [0.5, 0.6) is 0 Å². The molecule has 0 bridgehead atoms. The first kappa shape index (κ1) is 22.5. The molecule has 3 N–H and O–H groups in total. The Morgan fingerprint density at radius 2 is 1.85 bits per heavy atom. The summed E-state index contributed by atoms with van der Waals surface area (Å²) < 4.78 is 30.6. The fourth-order valence-electron chi connectivity index (χ4n) is 4.76. The molecule has 3 aromatic rings. The lowest BCUT2D eigenvalue weighted by molar-refractivity contribution is -0.127. The molecule has 3 heterocycles. The summed E-state index contributed by atoms with van der Waals surface area (Å²) in [5.74, 6) is -0.827. The maximum absolute atomic E-state index is 14.4. The molecular weight excluding hydrogens is 444 g/mol. The van der Waals surface area contributed by atoms with Gasteiger partial charge in [-0.2, -0.15) is 4.98 Å². The predicted molar refractivity (Wildman–Crippen MR) is 123 cm³/mol. The zero-order chi connectivity index (χ0) is 23.8. The largest absolute Gasteiger partial charge is 0.393 e. The molecule has 1 aliphatic heterocycles. The van der Waals surface area contributed by atoms with Crippen molar-refractivity contribution in [2.24, 2.45) is 0 Å². The van der Waals surface area contributed by atoms with E-state index in [-0.39, 0.29) is 35.7 Å². The molecule has 2 aliphatic rings. The number of fused-ring (bicyclic) bond motifs is 1. The topological polar surface area (TPSA) is 108 Å². The monoisotopic (exact) mass is 471 g/mol. The molecule has 0 radical (unpaired) electrons. The van der Waals surface area contributed by atoms with Crippen LogP contribution in [0.2, 0.25) is 0 Å². The second-order valence-electron chi connectivity index (χ2n) is 8.99. The second kappa shape index (κ2) is 9.13. The van der Waals surface area contributed by atoms with Crippen molar-refractivity contribution < 1.29 is 18.7 Å². The summed E-state index contributed by atoms with van der Waals surface area (Å²) in [4.78, 5) is 27.3. The van der Waals surface area contributed by atoms with Gasteiger partial charge in [0.2, 0.25) is 17.8 Å². The fraction of sp³-hybridized carbons (Fsp3) is 0.478. The number of anilines is 3. The third kappa shape index (κ3) is 4.39. The number of aromatic nitrogens is 4. The Morgan fingerprint density at radius 1 is 1.12 bits per heavy atom. The number of hydrogen-bond donors (Lipinski definition) is 3. The Kier molecular flexibility index (Phi) is 6.03. The summed E-state index contributed by atoms with van der Waals surface area (Å²) in [6.45, 7) is 2.55. The van der Waals surface area contributed by atoms with Crippen LogP contribution in [0.25, 0.3) is 11.2 Å². The number of carbonyl (C=O) groups excluding carboxylic acids is 1. The molecule has 0 unspecified atom stereocenters. The number of amides is 1. The quantitative estimate of drug-likeness (QED) is 0.524. The molecule has 1 saturated carbocycles. The van der Waals surface area contributed by atoms with Gasteiger partial charge in [0.1, 0.15) is 22.8 Å². The number of nitrogens with zero attached hydrogens (tertiary/aromatic N) is 5. The smallest absolute Gasteiger partial charge is 0.224 e. The average Bonchev–Trinajstić information content (AvgIpc) is 3.42. The van der Waals surface area contributed by atoms with E-state index < -0.39 is 11.6 Å². The van der Waals surface area contributed by atoms with Gasteiger partial charge >= 0.3 is 0 Å². The van der Waals surface area contributed by atoms with Crippen molar-refractivity contribution >= 4 is 34.7 Å². The zero-order valence-electron chi connectivity index (χ0n) is 18.8. The molecule has 1 atom stereocenters. The molecule has 5 rings (SSSR count). The van der Waals surface area contributed by atoms with Gasteiger partial charge in [-0.25, -0.2) is 18.7 Å². The van der Waals surface area contributed by atoms with Crippen molar-refractivity contribution in [1.29, 1.82) is 0 Å². The molecule has 9 nitrogen and oxygen atoms in total. The Labute approximate surface area is 195 Å². The van der Waals surface area contributed by atoms with E-state index in [4.69, 9.17) is 4.98 Å². The first-order valence-corrected chi connectivity index (χ1v) is 11.5. The third-order valence-electron chi connectivity index (χ3n) is 6.64. The summed E-state index contributed by atoms with van der Waals surface area (Å²) in [7, 11) is 0. The van der Waals surface area contributed by atoms with Gasteiger partial charge in [-0.05, 0) is 44.2 Å². The fourth-order valence-corrected chi connectivity index (χ4v) is 4.76. The van der Waals surface area contributed by atoms with Crippen molar-refractivity contribution in [3.8, 4) is 0 Å². The normalized spacial score (nSPS) is 22.8. The molecule has 180 valence electrons. The number of rotatable bonds is 5. The highest BCUT2D eigenvalue weighted by molar-refractivity contribution is 5.77. The Balaban J connectivity index is 1.52. The lowest BCUT2D eigenvalue weighted by atomic mass is 9.93. The molecule has 1 aliphatic carbocycles. The molecule has 11 heteroatoms. The minimum atomic E-state index is -0.733. The van der Waals surface area contributed by atoms with Crippen molar-refractivity contribution in [3.63, 3.8) is 0 Å². The van der Waals surface area contributed by atoms with Crippen LogP contribution in [-0.2, 0) is 4.79 Å². The van der Waals surface area contributed by atoms with Crippen molar-refractivity contribution in [1.82, 2.24) is 24.4 Å². The number of imidazole rings is 1. The van der Waals surface area contributed by atoms with E-state index in [9.17, 15) is 18.7 Å². The van der Waals surface area contributed by atoms with Gasteiger partial charge in [-0.15, -0.1) is 0 Å². The van der Waals surface area contributed by atoms with Crippen LogP contribution < -0.4 is 10.6 Å². The van der Waals surface area contributed by atoms with Crippen molar-refractivity contribution in [2.45, 2.75) is 57.2 Å². The number of hydrogen-bond acceptors (Lipinski definition) is 7. The van der Waals surface area contributed by atoms with Crippen LogP contribution in [0.3, 0.4) is 0 Å². The van der Waals surface area contributed by atoms with E-state index >= 15 is 0 Å². The Hall–Kier alpha value is -3.34. The number of halogens is 2. The van der Waals surface area contributed by atoms with Crippen molar-refractivity contribution in [2.75, 3.05) is 23.7 Å². The van der Waals surface area contributed by atoms with E-state index in [2.05, 4.69) is 20.6 Å². The summed E-state index contributed by atoms with van der Waals surface area (Å²) in [5.41, 5.74) is 0.695. The number of carbonyl (C=O) groups is 1. The van der Waals surface area contributed by atoms with Crippen LogP contribution >= 0.6 is 0 Å². The predicted octanol–water partition coefficient (Wildman–Crippen LogP) is 3.36. The van der Waals surface area contributed by atoms with Gasteiger partial charge in [-0.1, -0.05) is 6.07 Å². The number of nitrogens with one attached hydrogen (secondary N) is 2. The second-order valence-corrected chi connectivity index (χ2v) is 8.99. The lowest BCUT2D eigenvalue weighted by Gasteiger charge is -2.26. The van der Waals surface area contributed by atoms with E-state index in [0.717, 1.165) is 25.7 Å². The maximum Gasteiger partial charge on any atom is 0.224 e. The third-order valence-corrected chi connectivity index (χ3v) is 6.64. The number of aliphatic hydroxyl groups excluding tert-OH is 1.